The average Bonchev–Trinajstić information content (AvgIpc) is 2.82. The zero-order valence-corrected chi connectivity index (χ0v) is 11.4. The molecule has 1 aromatic heterocycles. The molecule has 100 valence electrons. The third kappa shape index (κ3) is 2.96. The van der Waals surface area contributed by atoms with Gasteiger partial charge in [0.15, 0.2) is 0 Å². The molecule has 2 aromatic rings. The molecule has 0 atom stereocenters. The number of nitrogens with one attached hydrogen (secondary N) is 2. The van der Waals surface area contributed by atoms with Crippen molar-refractivity contribution in [1.82, 2.24) is 5.32 Å². The van der Waals surface area contributed by atoms with Crippen LogP contribution in [0.3, 0.4) is 0 Å². The molecule has 2 N–H and O–H groups in total. The Hall–Kier alpha value is -2.23. The number of benzene rings is 1. The first kappa shape index (κ1) is 13.2. The van der Waals surface area contributed by atoms with Crippen LogP contribution in [0.5, 0.6) is 0 Å². The van der Waals surface area contributed by atoms with Gasteiger partial charge in [-0.1, -0.05) is 6.07 Å². The number of aryl methyl sites for hydroxylation is 2. The Labute approximate surface area is 112 Å². The first-order chi connectivity index (χ1) is 9.11. The van der Waals surface area contributed by atoms with Crippen LogP contribution >= 0.6 is 0 Å². The first-order valence-electron chi connectivity index (χ1n) is 6.21. The van der Waals surface area contributed by atoms with Crippen LogP contribution in [0.4, 0.5) is 5.69 Å². The highest BCUT2D eigenvalue weighted by Crippen LogP contribution is 2.19. The molecule has 0 saturated carbocycles. The molecule has 1 heterocycles. The Morgan fingerprint density at radius 3 is 2.63 bits per heavy atom. The predicted molar refractivity (Wildman–Crippen MR) is 75.3 cm³/mol. The molecule has 0 aliphatic carbocycles. The summed E-state index contributed by atoms with van der Waals surface area (Å²) < 4.78 is 5.38. The van der Waals surface area contributed by atoms with Gasteiger partial charge < -0.3 is 15.1 Å². The lowest BCUT2D eigenvalue weighted by Gasteiger charge is -2.10. The molecule has 0 saturated heterocycles. The third-order valence-electron chi connectivity index (χ3n) is 3.13. The zero-order valence-electron chi connectivity index (χ0n) is 11.4. The highest BCUT2D eigenvalue weighted by Gasteiger charge is 2.07. The molecule has 0 aliphatic heterocycles. The second kappa shape index (κ2) is 5.61. The van der Waals surface area contributed by atoms with E-state index in [4.69, 9.17) is 4.42 Å². The van der Waals surface area contributed by atoms with Gasteiger partial charge in [0.05, 0.1) is 12.8 Å². The second-order valence-corrected chi connectivity index (χ2v) is 4.49. The molecule has 0 spiro atoms. The lowest BCUT2D eigenvalue weighted by molar-refractivity contribution is 0.0963. The average molecular weight is 258 g/mol. The summed E-state index contributed by atoms with van der Waals surface area (Å²) in [7, 11) is 1.63. The molecule has 1 amide bonds. The number of carbonyl (C=O) groups is 1. The molecule has 0 aliphatic rings. The molecule has 0 bridgehead atoms. The molecule has 0 fully saturated rings. The number of amides is 1. The van der Waals surface area contributed by atoms with Crippen molar-refractivity contribution in [2.75, 3.05) is 12.4 Å². The topological polar surface area (TPSA) is 54.3 Å². The van der Waals surface area contributed by atoms with Gasteiger partial charge in [-0.25, -0.2) is 0 Å². The summed E-state index contributed by atoms with van der Waals surface area (Å²) in [5.41, 5.74) is 3.80. The minimum Gasteiger partial charge on any atom is -0.467 e. The van der Waals surface area contributed by atoms with Gasteiger partial charge in [0.1, 0.15) is 5.76 Å². The normalized spacial score (nSPS) is 10.3. The monoisotopic (exact) mass is 258 g/mol. The molecule has 2 rings (SSSR count). The van der Waals surface area contributed by atoms with Crippen LogP contribution in [0, 0.1) is 13.8 Å². The molecule has 1 aromatic carbocycles. The van der Waals surface area contributed by atoms with Crippen LogP contribution in [-0.2, 0) is 6.54 Å². The first-order valence-corrected chi connectivity index (χ1v) is 6.21. The maximum absolute atomic E-state index is 11.6. The summed E-state index contributed by atoms with van der Waals surface area (Å²) in [5, 5.41) is 5.92. The molecular weight excluding hydrogens is 240 g/mol. The van der Waals surface area contributed by atoms with Gasteiger partial charge in [-0.3, -0.25) is 4.79 Å². The summed E-state index contributed by atoms with van der Waals surface area (Å²) in [4.78, 5) is 11.6. The standard InChI is InChI=1S/C15H18N2O2/c1-10-4-5-12(15(18)16-3)8-13(10)17-9-14-11(2)6-7-19-14/h4-8,17H,9H2,1-3H3,(H,16,18). The minimum absolute atomic E-state index is 0.0859. The van der Waals surface area contributed by atoms with Crippen LogP contribution in [0.2, 0.25) is 0 Å². The predicted octanol–water partition coefficient (Wildman–Crippen LogP) is 2.87. The highest BCUT2D eigenvalue weighted by molar-refractivity contribution is 5.95. The van der Waals surface area contributed by atoms with Gasteiger partial charge in [-0.2, -0.15) is 0 Å². The van der Waals surface area contributed by atoms with Gasteiger partial charge in [0.2, 0.25) is 0 Å². The van der Waals surface area contributed by atoms with Gasteiger partial charge in [0, 0.05) is 18.3 Å². The summed E-state index contributed by atoms with van der Waals surface area (Å²) in [6.45, 7) is 4.62. The van der Waals surface area contributed by atoms with E-state index in [-0.39, 0.29) is 5.91 Å². The molecule has 0 radical (unpaired) electrons. The van der Waals surface area contributed by atoms with Crippen LogP contribution < -0.4 is 10.6 Å². The molecular formula is C15H18N2O2. The fourth-order valence-electron chi connectivity index (χ4n) is 1.86. The number of anilines is 1. The Kier molecular flexibility index (Phi) is 3.90. The van der Waals surface area contributed by atoms with E-state index in [1.54, 1.807) is 13.3 Å². The van der Waals surface area contributed by atoms with E-state index >= 15 is 0 Å². The summed E-state index contributed by atoms with van der Waals surface area (Å²) in [5.74, 6) is 0.821. The largest absolute Gasteiger partial charge is 0.467 e. The van der Waals surface area contributed by atoms with Crippen molar-refractivity contribution in [3.8, 4) is 0 Å². The van der Waals surface area contributed by atoms with E-state index in [1.807, 2.05) is 38.1 Å². The van der Waals surface area contributed by atoms with E-state index in [0.717, 1.165) is 22.6 Å². The van der Waals surface area contributed by atoms with Crippen molar-refractivity contribution >= 4 is 11.6 Å². The Bertz CT molecular complexity index is 588. The van der Waals surface area contributed by atoms with Crippen molar-refractivity contribution in [1.29, 1.82) is 0 Å². The lowest BCUT2D eigenvalue weighted by atomic mass is 10.1. The van der Waals surface area contributed by atoms with Crippen LogP contribution in [0.1, 0.15) is 27.2 Å². The number of carbonyl (C=O) groups excluding carboxylic acids is 1. The maximum Gasteiger partial charge on any atom is 0.251 e. The van der Waals surface area contributed by atoms with Crippen LogP contribution in [0.25, 0.3) is 0 Å². The van der Waals surface area contributed by atoms with Gasteiger partial charge in [-0.15, -0.1) is 0 Å². The van der Waals surface area contributed by atoms with E-state index < -0.39 is 0 Å². The number of hydrogen-bond acceptors (Lipinski definition) is 3. The van der Waals surface area contributed by atoms with E-state index in [2.05, 4.69) is 10.6 Å². The number of hydrogen-bond donors (Lipinski definition) is 2. The highest BCUT2D eigenvalue weighted by atomic mass is 16.3. The number of furan rings is 1. The maximum atomic E-state index is 11.6. The number of rotatable bonds is 4. The van der Waals surface area contributed by atoms with Gasteiger partial charge in [0.25, 0.3) is 5.91 Å². The second-order valence-electron chi connectivity index (χ2n) is 4.49. The Balaban J connectivity index is 2.15. The molecule has 4 heteroatoms. The van der Waals surface area contributed by atoms with Gasteiger partial charge >= 0.3 is 0 Å². The van der Waals surface area contributed by atoms with Crippen LogP contribution in [-0.4, -0.2) is 13.0 Å². The van der Waals surface area contributed by atoms with Crippen molar-refractivity contribution in [3.63, 3.8) is 0 Å². The van der Waals surface area contributed by atoms with Crippen molar-refractivity contribution < 1.29 is 9.21 Å². The third-order valence-corrected chi connectivity index (χ3v) is 3.13. The summed E-state index contributed by atoms with van der Waals surface area (Å²) >= 11 is 0. The van der Waals surface area contributed by atoms with E-state index in [9.17, 15) is 4.79 Å². The lowest BCUT2D eigenvalue weighted by Crippen LogP contribution is -2.18. The fraction of sp³-hybridized carbons (Fsp3) is 0.267. The molecule has 4 nitrogen and oxygen atoms in total. The molecule has 19 heavy (non-hydrogen) atoms. The van der Waals surface area contributed by atoms with Crippen molar-refractivity contribution in [2.24, 2.45) is 0 Å². The summed E-state index contributed by atoms with van der Waals surface area (Å²) in [6.07, 6.45) is 1.68. The Morgan fingerprint density at radius 2 is 2.00 bits per heavy atom. The fourth-order valence-corrected chi connectivity index (χ4v) is 1.86. The quantitative estimate of drug-likeness (QED) is 0.886. The van der Waals surface area contributed by atoms with Gasteiger partial charge in [-0.05, 0) is 43.2 Å². The smallest absolute Gasteiger partial charge is 0.251 e. The molecule has 0 unspecified atom stereocenters. The summed E-state index contributed by atoms with van der Waals surface area (Å²) in [6, 6.07) is 7.54. The Morgan fingerprint density at radius 1 is 1.21 bits per heavy atom. The van der Waals surface area contributed by atoms with Crippen molar-refractivity contribution in [3.05, 3.63) is 53.0 Å². The van der Waals surface area contributed by atoms with Crippen molar-refractivity contribution in [2.45, 2.75) is 20.4 Å². The van der Waals surface area contributed by atoms with E-state index in [1.165, 1.54) is 0 Å². The minimum atomic E-state index is -0.0859. The van der Waals surface area contributed by atoms with Crippen LogP contribution in [0.15, 0.2) is 34.9 Å². The SMILES string of the molecule is CNC(=O)c1ccc(C)c(NCc2occc2C)c1. The zero-order chi connectivity index (χ0) is 13.8. The van der Waals surface area contributed by atoms with E-state index in [0.29, 0.717) is 12.1 Å².